The molecule has 7 nitrogen and oxygen atoms in total. The highest BCUT2D eigenvalue weighted by Crippen LogP contribution is 2.53. The van der Waals surface area contributed by atoms with E-state index in [0.29, 0.717) is 0 Å². The molecule has 2 aromatic rings. The van der Waals surface area contributed by atoms with E-state index < -0.39 is 60.7 Å². The van der Waals surface area contributed by atoms with Gasteiger partial charge >= 0.3 is 0 Å². The third-order valence-corrected chi connectivity index (χ3v) is 5.41. The highest BCUT2D eigenvalue weighted by molar-refractivity contribution is 6.02. The highest BCUT2D eigenvalue weighted by Gasteiger charge is 2.60. The molecule has 1 fully saturated rings. The number of nitrogens with zero attached hydrogens (tertiary/aromatic N) is 2. The zero-order valence-corrected chi connectivity index (χ0v) is 15.8. The topological polar surface area (TPSA) is 103 Å². The first-order valence-electron chi connectivity index (χ1n) is 9.13. The van der Waals surface area contributed by atoms with E-state index >= 15 is 0 Å². The number of aryl methyl sites for hydroxylation is 1. The van der Waals surface area contributed by atoms with E-state index in [2.05, 4.69) is 15.3 Å². The largest absolute Gasteiger partial charge is 0.461 e. The summed E-state index contributed by atoms with van der Waals surface area (Å²) in [4.78, 5) is 20.1. The fourth-order valence-electron chi connectivity index (χ4n) is 4.09. The van der Waals surface area contributed by atoms with Crippen LogP contribution in [0.3, 0.4) is 0 Å². The number of hydrogen-bond donors (Lipinski definition) is 2. The molecule has 1 aromatic heterocycles. The number of hydrogen-bond acceptors (Lipinski definition) is 6. The summed E-state index contributed by atoms with van der Waals surface area (Å²) in [6.07, 6.45) is -1.36. The molecule has 2 heterocycles. The van der Waals surface area contributed by atoms with Crippen molar-refractivity contribution in [2.45, 2.75) is 37.3 Å². The van der Waals surface area contributed by atoms with Gasteiger partial charge in [-0.2, -0.15) is 0 Å². The van der Waals surface area contributed by atoms with Crippen LogP contribution in [0.25, 0.3) is 0 Å². The first-order valence-corrected chi connectivity index (χ1v) is 9.13. The lowest BCUT2D eigenvalue weighted by Gasteiger charge is -2.40. The van der Waals surface area contributed by atoms with E-state index in [9.17, 15) is 22.4 Å². The molecule has 3 atom stereocenters. The van der Waals surface area contributed by atoms with Crippen molar-refractivity contribution in [2.75, 3.05) is 12.0 Å². The van der Waals surface area contributed by atoms with Crippen molar-refractivity contribution >= 4 is 17.6 Å². The number of nitrogens with two attached hydrogens (primary N) is 1. The number of fused-ring (bicyclic) bond motifs is 1. The average Bonchev–Trinajstić information content (AvgIpc) is 3.24. The minimum Gasteiger partial charge on any atom is -0.461 e. The third kappa shape index (κ3) is 3.37. The molecule has 1 aliphatic carbocycles. The van der Waals surface area contributed by atoms with Crippen LogP contribution in [0, 0.1) is 18.7 Å². The van der Waals surface area contributed by atoms with Crippen molar-refractivity contribution in [2.24, 2.45) is 16.6 Å². The fourth-order valence-corrected chi connectivity index (χ4v) is 4.09. The van der Waals surface area contributed by atoms with E-state index in [0.717, 1.165) is 18.4 Å². The Balaban J connectivity index is 1.73. The number of alkyl halides is 3. The van der Waals surface area contributed by atoms with Gasteiger partial charge in [0.25, 0.3) is 17.9 Å². The summed E-state index contributed by atoms with van der Waals surface area (Å²) in [6.45, 7) is 0.282. The lowest BCUT2D eigenvalue weighted by molar-refractivity contribution is -0.00299. The van der Waals surface area contributed by atoms with Gasteiger partial charge in [0.2, 0.25) is 0 Å². The number of amidine groups is 1. The van der Waals surface area contributed by atoms with Crippen LogP contribution in [-0.4, -0.2) is 35.6 Å². The number of carbonyl (C=O) groups is 1. The molecule has 2 unspecified atom stereocenters. The van der Waals surface area contributed by atoms with Crippen molar-refractivity contribution in [3.05, 3.63) is 47.4 Å². The van der Waals surface area contributed by atoms with Crippen LogP contribution in [0.5, 0.6) is 0 Å². The van der Waals surface area contributed by atoms with Gasteiger partial charge in [-0.1, -0.05) is 0 Å². The van der Waals surface area contributed by atoms with Crippen LogP contribution >= 0.6 is 0 Å². The summed E-state index contributed by atoms with van der Waals surface area (Å²) in [7, 11) is 0. The maximum atomic E-state index is 14.8. The molecule has 0 radical (unpaired) electrons. The Morgan fingerprint density at radius 3 is 2.80 bits per heavy atom. The molecule has 3 N–H and O–H groups in total. The summed E-state index contributed by atoms with van der Waals surface area (Å²) >= 11 is 0. The van der Waals surface area contributed by atoms with Gasteiger partial charge in [0.05, 0.1) is 0 Å². The molecule has 4 rings (SSSR count). The Bertz CT molecular complexity index is 1020. The van der Waals surface area contributed by atoms with Crippen molar-refractivity contribution in [1.82, 2.24) is 4.98 Å². The van der Waals surface area contributed by atoms with Crippen molar-refractivity contribution in [3.8, 4) is 0 Å². The van der Waals surface area contributed by atoms with Crippen molar-refractivity contribution in [1.29, 1.82) is 0 Å². The smallest absolute Gasteiger partial charge is 0.283 e. The second-order valence-electron chi connectivity index (χ2n) is 7.44. The van der Waals surface area contributed by atoms with E-state index in [1.807, 2.05) is 0 Å². The number of aliphatic imine (C=N–C) groups is 1. The molecule has 0 bridgehead atoms. The van der Waals surface area contributed by atoms with Gasteiger partial charge in [-0.05, 0) is 18.2 Å². The van der Waals surface area contributed by atoms with E-state index in [1.165, 1.54) is 6.07 Å². The molecule has 160 valence electrons. The third-order valence-electron chi connectivity index (χ3n) is 5.41. The molecular formula is C19H18F4N4O3. The molecule has 1 saturated carbocycles. The number of halogens is 4. The number of aromatic nitrogens is 1. The zero-order chi connectivity index (χ0) is 21.7. The van der Waals surface area contributed by atoms with Crippen LogP contribution in [0.4, 0.5) is 23.2 Å². The lowest BCUT2D eigenvalue weighted by Crippen LogP contribution is -2.48. The number of oxazole rings is 1. The molecule has 1 aliphatic heterocycles. The molecule has 1 amide bonds. The van der Waals surface area contributed by atoms with Crippen LogP contribution in [0.1, 0.15) is 34.8 Å². The number of benzene rings is 1. The van der Waals surface area contributed by atoms with E-state index in [4.69, 9.17) is 14.9 Å². The zero-order valence-electron chi connectivity index (χ0n) is 15.8. The Hall–Kier alpha value is -3.11. The predicted molar refractivity (Wildman–Crippen MR) is 97.4 cm³/mol. The monoisotopic (exact) mass is 426 g/mol. The quantitative estimate of drug-likeness (QED) is 0.731. The second-order valence-corrected chi connectivity index (χ2v) is 7.44. The predicted octanol–water partition coefficient (Wildman–Crippen LogP) is 3.30. The maximum absolute atomic E-state index is 14.8. The van der Waals surface area contributed by atoms with Crippen LogP contribution in [-0.2, 0) is 10.3 Å². The SMILES string of the molecule is Cc1nc(C(=O)Nc2ccc(F)c(C3(CF)N=C(N)O[C@H]4CC(F)(F)CC43)c2)co1. The van der Waals surface area contributed by atoms with E-state index in [-0.39, 0.29) is 22.8 Å². The van der Waals surface area contributed by atoms with Crippen LogP contribution < -0.4 is 11.1 Å². The van der Waals surface area contributed by atoms with Gasteiger partial charge in [-0.25, -0.2) is 27.5 Å². The van der Waals surface area contributed by atoms with Gasteiger partial charge in [-0.3, -0.25) is 4.79 Å². The van der Waals surface area contributed by atoms with Crippen LogP contribution in [0.2, 0.25) is 0 Å². The average molecular weight is 426 g/mol. The van der Waals surface area contributed by atoms with E-state index in [1.54, 1.807) is 6.92 Å². The van der Waals surface area contributed by atoms with Gasteiger partial charge in [0.15, 0.2) is 11.6 Å². The Morgan fingerprint density at radius 2 is 2.13 bits per heavy atom. The van der Waals surface area contributed by atoms with Gasteiger partial charge < -0.3 is 20.2 Å². The van der Waals surface area contributed by atoms with Crippen LogP contribution in [0.15, 0.2) is 33.9 Å². The molecule has 2 aliphatic rings. The number of amides is 1. The first-order chi connectivity index (χ1) is 14.1. The maximum Gasteiger partial charge on any atom is 0.283 e. The summed E-state index contributed by atoms with van der Waals surface area (Å²) in [5.74, 6) is -5.49. The molecule has 30 heavy (non-hydrogen) atoms. The molecule has 11 heteroatoms. The summed E-state index contributed by atoms with van der Waals surface area (Å²) < 4.78 is 67.4. The first kappa shape index (κ1) is 20.2. The van der Waals surface area contributed by atoms with Gasteiger partial charge in [-0.15, -0.1) is 0 Å². The summed E-state index contributed by atoms with van der Waals surface area (Å²) in [6, 6.07) is 2.93. The van der Waals surface area contributed by atoms with Gasteiger partial charge in [0.1, 0.15) is 30.4 Å². The van der Waals surface area contributed by atoms with Gasteiger partial charge in [0, 0.05) is 36.9 Å². The minimum absolute atomic E-state index is 0.0117. The number of ether oxygens (including phenoxy) is 1. The fraction of sp³-hybridized carbons (Fsp3) is 0.421. The second kappa shape index (κ2) is 6.99. The number of rotatable bonds is 4. The number of anilines is 1. The molecular weight excluding hydrogens is 408 g/mol. The standard InChI is InChI=1S/C19H18F4N4O3/c1-9-25-14(7-29-9)16(28)26-10-2-3-13(21)11(4-10)19(8-20)12-5-18(22,23)6-15(12)30-17(24)27-19/h2-4,7,12,15H,5-6,8H2,1H3,(H2,24,27)(H,26,28)/t12?,15-,19?/m0/s1. The summed E-state index contributed by atoms with van der Waals surface area (Å²) in [5, 5.41) is 2.50. The lowest BCUT2D eigenvalue weighted by atomic mass is 9.76. The number of carbonyl (C=O) groups excluding carboxylic acids is 1. The Morgan fingerprint density at radius 1 is 1.37 bits per heavy atom. The highest BCUT2D eigenvalue weighted by atomic mass is 19.3. The minimum atomic E-state index is -3.12. The Labute approximate surface area is 168 Å². The molecule has 1 aromatic carbocycles. The van der Waals surface area contributed by atoms with Crippen molar-refractivity contribution in [3.63, 3.8) is 0 Å². The Kier molecular flexibility index (Phi) is 4.70. The molecule has 0 saturated heterocycles. The number of nitrogens with one attached hydrogen (secondary N) is 1. The van der Waals surface area contributed by atoms with Crippen molar-refractivity contribution < 1.29 is 31.5 Å². The summed E-state index contributed by atoms with van der Waals surface area (Å²) in [5.41, 5.74) is 3.42. The molecule has 0 spiro atoms. The normalized spacial score (nSPS) is 27.2.